The van der Waals surface area contributed by atoms with Gasteiger partial charge in [0.1, 0.15) is 0 Å². The molecule has 86 valence electrons. The molecule has 3 heteroatoms. The topological polar surface area (TPSA) is 20.3 Å². The highest BCUT2D eigenvalue weighted by Gasteiger charge is 2.37. The summed E-state index contributed by atoms with van der Waals surface area (Å²) in [4.78, 5) is 12.0. The first-order valence-corrected chi connectivity index (χ1v) is 9.28. The maximum absolute atomic E-state index is 12.0. The molecular formula is C13H19NOSi. The zero-order valence-corrected chi connectivity index (χ0v) is 11.2. The van der Waals surface area contributed by atoms with Crippen LogP contribution < -0.4 is 0 Å². The predicted molar refractivity (Wildman–Crippen MR) is 68.9 cm³/mol. The molecule has 1 amide bonds. The van der Waals surface area contributed by atoms with Crippen LogP contribution in [-0.4, -0.2) is 25.3 Å². The molecule has 2 nitrogen and oxygen atoms in total. The van der Waals surface area contributed by atoms with Crippen LogP contribution in [0, 0.1) is 0 Å². The van der Waals surface area contributed by atoms with Crippen molar-refractivity contribution in [2.24, 2.45) is 0 Å². The lowest BCUT2D eigenvalue weighted by Crippen LogP contribution is -2.46. The Balaban J connectivity index is 2.16. The monoisotopic (exact) mass is 233 g/mol. The van der Waals surface area contributed by atoms with E-state index >= 15 is 0 Å². The van der Waals surface area contributed by atoms with Crippen LogP contribution in [0.5, 0.6) is 0 Å². The molecule has 0 spiro atoms. The Labute approximate surface area is 98.4 Å². The van der Waals surface area contributed by atoms with Crippen LogP contribution in [0.25, 0.3) is 0 Å². The quantitative estimate of drug-likeness (QED) is 0.719. The third-order valence-corrected chi connectivity index (χ3v) is 5.26. The average Bonchev–Trinajstić information content (AvgIpc) is 2.61. The summed E-state index contributed by atoms with van der Waals surface area (Å²) in [6.07, 6.45) is 0.689. The standard InChI is InChI=1S/C13H19NOSi/c1-16(2,3)14-10-12(9-13(14)15)11-7-5-4-6-8-11/h4-8,12H,9-10H2,1-3H3. The molecule has 1 fully saturated rings. The minimum atomic E-state index is -1.48. The predicted octanol–water partition coefficient (Wildman–Crippen LogP) is 2.84. The van der Waals surface area contributed by atoms with E-state index in [2.05, 4.69) is 48.5 Å². The van der Waals surface area contributed by atoms with Crippen LogP contribution in [0.2, 0.25) is 19.6 Å². The van der Waals surface area contributed by atoms with Gasteiger partial charge in [0.25, 0.3) is 0 Å². The van der Waals surface area contributed by atoms with Gasteiger partial charge in [0.05, 0.1) is 0 Å². The fraction of sp³-hybridized carbons (Fsp3) is 0.462. The lowest BCUT2D eigenvalue weighted by atomic mass is 9.99. The smallest absolute Gasteiger partial charge is 0.215 e. The summed E-state index contributed by atoms with van der Waals surface area (Å²) in [5, 5.41) is 0. The summed E-state index contributed by atoms with van der Waals surface area (Å²) >= 11 is 0. The van der Waals surface area contributed by atoms with Gasteiger partial charge in [-0.1, -0.05) is 50.0 Å². The van der Waals surface area contributed by atoms with Gasteiger partial charge in [-0.15, -0.1) is 0 Å². The highest BCUT2D eigenvalue weighted by molar-refractivity contribution is 6.75. The van der Waals surface area contributed by atoms with Crippen molar-refractivity contribution < 1.29 is 4.79 Å². The molecule has 1 aliphatic rings. The zero-order valence-electron chi connectivity index (χ0n) is 10.2. The van der Waals surface area contributed by atoms with Crippen LogP contribution in [0.1, 0.15) is 17.9 Å². The molecule has 1 atom stereocenters. The molecule has 16 heavy (non-hydrogen) atoms. The van der Waals surface area contributed by atoms with Crippen molar-refractivity contribution >= 4 is 14.1 Å². The number of hydrogen-bond donors (Lipinski definition) is 0. The van der Waals surface area contributed by atoms with Gasteiger partial charge in [-0.05, 0) is 5.56 Å². The maximum Gasteiger partial charge on any atom is 0.215 e. The first-order valence-electron chi connectivity index (χ1n) is 5.84. The van der Waals surface area contributed by atoms with E-state index in [9.17, 15) is 4.79 Å². The van der Waals surface area contributed by atoms with Crippen molar-refractivity contribution in [3.8, 4) is 0 Å². The SMILES string of the molecule is C[Si](C)(C)N1CC(c2ccccc2)CC1=O. The Hall–Kier alpha value is -1.09. The third-order valence-electron chi connectivity index (χ3n) is 3.21. The summed E-state index contributed by atoms with van der Waals surface area (Å²) in [6.45, 7) is 7.62. The number of nitrogens with zero attached hydrogens (tertiary/aromatic N) is 1. The molecule has 0 radical (unpaired) electrons. The molecule has 1 aliphatic heterocycles. The fourth-order valence-corrected chi connectivity index (χ4v) is 3.91. The summed E-state index contributed by atoms with van der Waals surface area (Å²) in [6, 6.07) is 10.4. The van der Waals surface area contributed by atoms with E-state index in [4.69, 9.17) is 0 Å². The fourth-order valence-electron chi connectivity index (χ4n) is 2.30. The Bertz CT molecular complexity index is 383. The molecule has 0 bridgehead atoms. The van der Waals surface area contributed by atoms with Gasteiger partial charge in [0.15, 0.2) is 8.24 Å². The van der Waals surface area contributed by atoms with Crippen molar-refractivity contribution in [1.82, 2.24) is 4.57 Å². The number of carbonyl (C=O) groups is 1. The lowest BCUT2D eigenvalue weighted by Gasteiger charge is -2.30. The van der Waals surface area contributed by atoms with Crippen LogP contribution in [0.15, 0.2) is 30.3 Å². The second-order valence-electron chi connectivity index (χ2n) is 5.49. The molecule has 2 rings (SSSR count). The van der Waals surface area contributed by atoms with E-state index in [0.717, 1.165) is 6.54 Å². The first-order chi connectivity index (χ1) is 7.48. The molecule has 0 aromatic heterocycles. The highest BCUT2D eigenvalue weighted by Crippen LogP contribution is 2.30. The van der Waals surface area contributed by atoms with Gasteiger partial charge in [-0.3, -0.25) is 4.79 Å². The Morgan fingerprint density at radius 3 is 2.31 bits per heavy atom. The number of carbonyl (C=O) groups excluding carboxylic acids is 1. The van der Waals surface area contributed by atoms with Crippen molar-refractivity contribution in [1.29, 1.82) is 0 Å². The molecule has 1 heterocycles. The number of rotatable bonds is 2. The van der Waals surface area contributed by atoms with Crippen molar-refractivity contribution in [3.05, 3.63) is 35.9 Å². The maximum atomic E-state index is 12.0. The molecule has 1 aromatic carbocycles. The van der Waals surface area contributed by atoms with E-state index < -0.39 is 8.24 Å². The van der Waals surface area contributed by atoms with E-state index in [1.165, 1.54) is 5.56 Å². The largest absolute Gasteiger partial charge is 0.369 e. The minimum absolute atomic E-state index is 0.341. The van der Waals surface area contributed by atoms with E-state index in [0.29, 0.717) is 18.2 Å². The number of hydrogen-bond acceptors (Lipinski definition) is 1. The Morgan fingerprint density at radius 2 is 1.81 bits per heavy atom. The van der Waals surface area contributed by atoms with Crippen LogP contribution in [0.4, 0.5) is 0 Å². The summed E-state index contributed by atoms with van der Waals surface area (Å²) in [5.74, 6) is 0.744. The summed E-state index contributed by atoms with van der Waals surface area (Å²) in [5.41, 5.74) is 1.30. The molecule has 0 aliphatic carbocycles. The average molecular weight is 233 g/mol. The van der Waals surface area contributed by atoms with Crippen LogP contribution in [-0.2, 0) is 4.79 Å². The van der Waals surface area contributed by atoms with Gasteiger partial charge >= 0.3 is 0 Å². The molecule has 1 saturated heterocycles. The summed E-state index contributed by atoms with van der Waals surface area (Å²) < 4.78 is 2.13. The van der Waals surface area contributed by atoms with Crippen LogP contribution >= 0.6 is 0 Å². The number of benzene rings is 1. The lowest BCUT2D eigenvalue weighted by molar-refractivity contribution is -0.124. The van der Waals surface area contributed by atoms with Gasteiger partial charge < -0.3 is 4.57 Å². The highest BCUT2D eigenvalue weighted by atomic mass is 28.3. The van der Waals surface area contributed by atoms with Gasteiger partial charge in [-0.2, -0.15) is 0 Å². The Kier molecular flexibility index (Phi) is 2.89. The molecule has 0 saturated carbocycles. The van der Waals surface area contributed by atoms with Crippen LogP contribution in [0.3, 0.4) is 0 Å². The molecule has 1 aromatic rings. The van der Waals surface area contributed by atoms with Gasteiger partial charge in [-0.25, -0.2) is 0 Å². The normalized spacial score (nSPS) is 21.6. The van der Waals surface area contributed by atoms with Gasteiger partial charge in [0.2, 0.25) is 5.91 Å². The second-order valence-corrected chi connectivity index (χ2v) is 10.4. The van der Waals surface area contributed by atoms with E-state index in [-0.39, 0.29) is 0 Å². The number of amides is 1. The zero-order chi connectivity index (χ0) is 11.8. The second kappa shape index (κ2) is 4.05. The third kappa shape index (κ3) is 2.19. The van der Waals surface area contributed by atoms with Gasteiger partial charge in [0, 0.05) is 18.9 Å². The van der Waals surface area contributed by atoms with Crippen molar-refractivity contribution in [2.75, 3.05) is 6.54 Å². The van der Waals surface area contributed by atoms with E-state index in [1.54, 1.807) is 0 Å². The van der Waals surface area contributed by atoms with E-state index in [1.807, 2.05) is 6.07 Å². The van der Waals surface area contributed by atoms with Crippen molar-refractivity contribution in [3.63, 3.8) is 0 Å². The molecule has 0 N–H and O–H groups in total. The first kappa shape index (κ1) is 11.4. The van der Waals surface area contributed by atoms with Crippen molar-refractivity contribution in [2.45, 2.75) is 32.0 Å². The minimum Gasteiger partial charge on any atom is -0.369 e. The molecule has 1 unspecified atom stereocenters. The Morgan fingerprint density at radius 1 is 1.19 bits per heavy atom. The summed E-state index contributed by atoms with van der Waals surface area (Å²) in [7, 11) is -1.48. The molecular weight excluding hydrogens is 214 g/mol.